The zero-order valence-electron chi connectivity index (χ0n) is 5.39. The number of rotatable bonds is 2. The van der Waals surface area contributed by atoms with E-state index < -0.39 is 9.05 Å². The summed E-state index contributed by atoms with van der Waals surface area (Å²) in [5, 5.41) is 0. The summed E-state index contributed by atoms with van der Waals surface area (Å²) in [6.45, 7) is 3.64. The molecule has 9 heavy (non-hydrogen) atoms. The van der Waals surface area contributed by atoms with Crippen LogP contribution in [0.25, 0.3) is 0 Å². The number of allylic oxidation sites excluding steroid dienone is 1. The van der Waals surface area contributed by atoms with E-state index in [0.29, 0.717) is 0 Å². The standard InChI is InChI=1S/C5H9ClO2S/c1-5(2)3-4-9(6,7)8/h3H,4H2,1-2H3. The van der Waals surface area contributed by atoms with E-state index in [9.17, 15) is 8.42 Å². The Hall–Kier alpha value is -0.0200. The quantitative estimate of drug-likeness (QED) is 0.463. The zero-order valence-corrected chi connectivity index (χ0v) is 6.96. The molecule has 0 heterocycles. The van der Waals surface area contributed by atoms with E-state index in [1.165, 1.54) is 0 Å². The van der Waals surface area contributed by atoms with Crippen LogP contribution in [-0.4, -0.2) is 14.2 Å². The van der Waals surface area contributed by atoms with E-state index in [2.05, 4.69) is 0 Å². The molecule has 0 unspecified atom stereocenters. The molecule has 0 bridgehead atoms. The molecule has 0 radical (unpaired) electrons. The molecule has 0 aromatic rings. The zero-order chi connectivity index (χ0) is 7.49. The minimum Gasteiger partial charge on any atom is -0.212 e. The van der Waals surface area contributed by atoms with Crippen molar-refractivity contribution in [2.24, 2.45) is 0 Å². The van der Waals surface area contributed by atoms with Crippen LogP contribution < -0.4 is 0 Å². The van der Waals surface area contributed by atoms with Gasteiger partial charge in [0.25, 0.3) is 0 Å². The van der Waals surface area contributed by atoms with Gasteiger partial charge in [0.2, 0.25) is 9.05 Å². The molecule has 0 aromatic heterocycles. The molecule has 54 valence electrons. The van der Waals surface area contributed by atoms with Crippen LogP contribution in [-0.2, 0) is 9.05 Å². The molecular formula is C5H9ClO2S. The Labute approximate surface area is 59.9 Å². The van der Waals surface area contributed by atoms with Crippen molar-refractivity contribution in [1.29, 1.82) is 0 Å². The number of hydrogen-bond acceptors (Lipinski definition) is 2. The predicted octanol–water partition coefficient (Wildman–Crippen LogP) is 1.52. The predicted molar refractivity (Wildman–Crippen MR) is 39.1 cm³/mol. The molecule has 0 saturated carbocycles. The van der Waals surface area contributed by atoms with Gasteiger partial charge in [0.15, 0.2) is 0 Å². The monoisotopic (exact) mass is 168 g/mol. The van der Waals surface area contributed by atoms with Gasteiger partial charge in [-0.05, 0) is 13.8 Å². The average molecular weight is 169 g/mol. The highest BCUT2D eigenvalue weighted by molar-refractivity contribution is 8.13. The molecule has 0 spiro atoms. The molecule has 2 nitrogen and oxygen atoms in total. The second-order valence-corrected chi connectivity index (χ2v) is 4.81. The van der Waals surface area contributed by atoms with Gasteiger partial charge >= 0.3 is 0 Å². The van der Waals surface area contributed by atoms with Gasteiger partial charge in [-0.25, -0.2) is 8.42 Å². The molecular weight excluding hydrogens is 160 g/mol. The van der Waals surface area contributed by atoms with Crippen molar-refractivity contribution in [3.05, 3.63) is 11.6 Å². The van der Waals surface area contributed by atoms with Gasteiger partial charge in [-0.1, -0.05) is 11.6 Å². The first-order valence-electron chi connectivity index (χ1n) is 2.47. The lowest BCUT2D eigenvalue weighted by atomic mass is 10.3. The van der Waals surface area contributed by atoms with Gasteiger partial charge in [-0.3, -0.25) is 0 Å². The minimum atomic E-state index is -3.32. The summed E-state index contributed by atoms with van der Waals surface area (Å²) in [6.07, 6.45) is 1.57. The minimum absolute atomic E-state index is 0.0725. The van der Waals surface area contributed by atoms with Crippen LogP contribution in [0.5, 0.6) is 0 Å². The lowest BCUT2D eigenvalue weighted by Crippen LogP contribution is -1.92. The molecule has 0 aromatic carbocycles. The van der Waals surface area contributed by atoms with Gasteiger partial charge in [-0.2, -0.15) is 0 Å². The van der Waals surface area contributed by atoms with E-state index >= 15 is 0 Å². The topological polar surface area (TPSA) is 34.1 Å². The maximum Gasteiger partial charge on any atom is 0.236 e. The van der Waals surface area contributed by atoms with Crippen molar-refractivity contribution in [2.45, 2.75) is 13.8 Å². The molecule has 0 saturated heterocycles. The first-order chi connectivity index (χ1) is 3.92. The Balaban J connectivity index is 3.95. The molecule has 0 N–H and O–H groups in total. The molecule has 4 heteroatoms. The Bertz CT molecular complexity index is 199. The van der Waals surface area contributed by atoms with Gasteiger partial charge in [0.05, 0.1) is 5.75 Å². The molecule has 0 aliphatic heterocycles. The van der Waals surface area contributed by atoms with Crippen molar-refractivity contribution in [3.8, 4) is 0 Å². The van der Waals surface area contributed by atoms with Gasteiger partial charge in [-0.15, -0.1) is 0 Å². The SMILES string of the molecule is CC(C)=CCS(=O)(=O)Cl. The van der Waals surface area contributed by atoms with Crippen molar-refractivity contribution < 1.29 is 8.42 Å². The smallest absolute Gasteiger partial charge is 0.212 e. The van der Waals surface area contributed by atoms with E-state index in [-0.39, 0.29) is 5.75 Å². The number of halogens is 1. The first-order valence-corrected chi connectivity index (χ1v) is 4.95. The lowest BCUT2D eigenvalue weighted by Gasteiger charge is -1.87. The fourth-order valence-electron chi connectivity index (χ4n) is 0.266. The second-order valence-electron chi connectivity index (χ2n) is 1.99. The van der Waals surface area contributed by atoms with E-state index in [1.54, 1.807) is 6.08 Å². The molecule has 0 aliphatic carbocycles. The third-order valence-corrected chi connectivity index (χ3v) is 1.63. The van der Waals surface area contributed by atoms with Crippen LogP contribution in [0.15, 0.2) is 11.6 Å². The Kier molecular flexibility index (Phi) is 3.22. The van der Waals surface area contributed by atoms with Crippen LogP contribution >= 0.6 is 10.7 Å². The highest BCUT2D eigenvalue weighted by Crippen LogP contribution is 1.98. The van der Waals surface area contributed by atoms with Crippen molar-refractivity contribution in [2.75, 3.05) is 5.75 Å². The number of hydrogen-bond donors (Lipinski definition) is 0. The summed E-state index contributed by atoms with van der Waals surface area (Å²) in [6, 6.07) is 0. The summed E-state index contributed by atoms with van der Waals surface area (Å²) >= 11 is 0. The first kappa shape index (κ1) is 8.98. The Morgan fingerprint density at radius 3 is 2.11 bits per heavy atom. The fraction of sp³-hybridized carbons (Fsp3) is 0.600. The molecule has 0 aliphatic rings. The highest BCUT2D eigenvalue weighted by Gasteiger charge is 1.99. The molecule has 0 fully saturated rings. The highest BCUT2D eigenvalue weighted by atomic mass is 35.7. The van der Waals surface area contributed by atoms with Gasteiger partial charge < -0.3 is 0 Å². The third-order valence-electron chi connectivity index (χ3n) is 0.691. The van der Waals surface area contributed by atoms with Crippen LogP contribution in [0.3, 0.4) is 0 Å². The summed E-state index contributed by atoms with van der Waals surface area (Å²) in [5.41, 5.74) is 0.958. The van der Waals surface area contributed by atoms with Gasteiger partial charge in [0.1, 0.15) is 0 Å². The maximum absolute atomic E-state index is 10.3. The summed E-state index contributed by atoms with van der Waals surface area (Å²) in [7, 11) is 1.58. The van der Waals surface area contributed by atoms with Crippen LogP contribution in [0.2, 0.25) is 0 Å². The Morgan fingerprint density at radius 2 is 2.00 bits per heavy atom. The molecule has 0 amide bonds. The summed E-state index contributed by atoms with van der Waals surface area (Å²) in [4.78, 5) is 0. The lowest BCUT2D eigenvalue weighted by molar-refractivity contribution is 0.612. The normalized spacial score (nSPS) is 11.0. The van der Waals surface area contributed by atoms with Crippen molar-refractivity contribution in [3.63, 3.8) is 0 Å². The van der Waals surface area contributed by atoms with E-state index in [0.717, 1.165) is 5.57 Å². The fourth-order valence-corrected chi connectivity index (χ4v) is 0.988. The second kappa shape index (κ2) is 3.22. The maximum atomic E-state index is 10.3. The van der Waals surface area contributed by atoms with E-state index in [1.807, 2.05) is 13.8 Å². The van der Waals surface area contributed by atoms with Crippen LogP contribution in [0.1, 0.15) is 13.8 Å². The van der Waals surface area contributed by atoms with Crippen molar-refractivity contribution in [1.82, 2.24) is 0 Å². The largest absolute Gasteiger partial charge is 0.236 e. The van der Waals surface area contributed by atoms with Crippen LogP contribution in [0.4, 0.5) is 0 Å². The van der Waals surface area contributed by atoms with Crippen molar-refractivity contribution >= 4 is 19.7 Å². The van der Waals surface area contributed by atoms with Crippen LogP contribution in [0, 0.1) is 0 Å². The Morgan fingerprint density at radius 1 is 1.56 bits per heavy atom. The third kappa shape index (κ3) is 7.98. The summed E-state index contributed by atoms with van der Waals surface area (Å²) < 4.78 is 20.5. The van der Waals surface area contributed by atoms with E-state index in [4.69, 9.17) is 10.7 Å². The average Bonchev–Trinajstić information content (AvgIpc) is 1.59. The molecule has 0 atom stereocenters. The molecule has 0 rings (SSSR count). The summed E-state index contributed by atoms with van der Waals surface area (Å²) in [5.74, 6) is -0.0725. The van der Waals surface area contributed by atoms with Gasteiger partial charge in [0, 0.05) is 10.7 Å².